The molecule has 0 fully saturated rings. The topological polar surface area (TPSA) is 34.9 Å². The zero-order valence-electron chi connectivity index (χ0n) is 9.86. The van der Waals surface area contributed by atoms with Crippen molar-refractivity contribution in [3.05, 3.63) is 53.4 Å². The molecular formula is C13H12F2N2O. The molecule has 0 N–H and O–H groups in total. The number of aryl methyl sites for hydroxylation is 2. The Morgan fingerprint density at radius 2 is 2.11 bits per heavy atom. The molecule has 2 aromatic rings. The molecule has 1 aromatic carbocycles. The van der Waals surface area contributed by atoms with Gasteiger partial charge in [-0.25, -0.2) is 8.78 Å². The molecule has 5 heteroatoms. The number of hydrogen-bond donors (Lipinski definition) is 0. The van der Waals surface area contributed by atoms with Gasteiger partial charge in [-0.1, -0.05) is 0 Å². The Hall–Kier alpha value is -2.04. The van der Waals surface area contributed by atoms with Crippen LogP contribution in [0.2, 0.25) is 0 Å². The predicted molar refractivity (Wildman–Crippen MR) is 62.2 cm³/mol. The summed E-state index contributed by atoms with van der Waals surface area (Å²) in [5.41, 5.74) is 1.13. The minimum Gasteiger partial charge on any atom is -0.294 e. The van der Waals surface area contributed by atoms with Crippen LogP contribution in [-0.4, -0.2) is 15.6 Å². The summed E-state index contributed by atoms with van der Waals surface area (Å²) in [6.07, 6.45) is 4.28. The van der Waals surface area contributed by atoms with Crippen molar-refractivity contribution in [2.24, 2.45) is 7.05 Å². The summed E-state index contributed by atoms with van der Waals surface area (Å²) in [5, 5.41) is 3.99. The first-order chi connectivity index (χ1) is 8.56. The molecule has 0 aliphatic heterocycles. The van der Waals surface area contributed by atoms with E-state index in [4.69, 9.17) is 0 Å². The molecule has 2 rings (SSSR count). The highest BCUT2D eigenvalue weighted by atomic mass is 19.2. The van der Waals surface area contributed by atoms with Gasteiger partial charge in [0.1, 0.15) is 0 Å². The Balaban J connectivity index is 2.01. The van der Waals surface area contributed by atoms with Gasteiger partial charge in [0.25, 0.3) is 0 Å². The standard InChI is InChI=1S/C13H12F2N2O/c1-17-8-9(7-16-17)2-5-13(18)10-3-4-11(14)12(15)6-10/h3-4,6-8H,2,5H2,1H3. The molecule has 0 atom stereocenters. The Labute approximate surface area is 103 Å². The minimum atomic E-state index is -0.998. The van der Waals surface area contributed by atoms with Crippen molar-refractivity contribution in [3.8, 4) is 0 Å². The van der Waals surface area contributed by atoms with E-state index in [1.807, 2.05) is 6.20 Å². The van der Waals surface area contributed by atoms with Crippen LogP contribution in [0.4, 0.5) is 8.78 Å². The molecule has 1 heterocycles. The lowest BCUT2D eigenvalue weighted by Crippen LogP contribution is -2.02. The van der Waals surface area contributed by atoms with Gasteiger partial charge in [-0.2, -0.15) is 5.10 Å². The molecule has 94 valence electrons. The van der Waals surface area contributed by atoms with E-state index in [0.29, 0.717) is 6.42 Å². The molecule has 0 spiro atoms. The van der Waals surface area contributed by atoms with Gasteiger partial charge in [0, 0.05) is 25.2 Å². The molecule has 18 heavy (non-hydrogen) atoms. The van der Waals surface area contributed by atoms with Crippen LogP contribution in [0.1, 0.15) is 22.3 Å². The third-order valence-electron chi connectivity index (χ3n) is 2.64. The second-order valence-electron chi connectivity index (χ2n) is 4.07. The number of carbonyl (C=O) groups is 1. The third kappa shape index (κ3) is 2.80. The van der Waals surface area contributed by atoms with Crippen molar-refractivity contribution in [2.75, 3.05) is 0 Å². The van der Waals surface area contributed by atoms with Gasteiger partial charge < -0.3 is 0 Å². The molecule has 1 aromatic heterocycles. The van der Waals surface area contributed by atoms with E-state index >= 15 is 0 Å². The molecule has 0 bridgehead atoms. The van der Waals surface area contributed by atoms with Gasteiger partial charge in [-0.05, 0) is 30.2 Å². The lowest BCUT2D eigenvalue weighted by atomic mass is 10.0. The Kier molecular flexibility index (Phi) is 3.50. The SMILES string of the molecule is Cn1cc(CCC(=O)c2ccc(F)c(F)c2)cn1. The van der Waals surface area contributed by atoms with Crippen LogP contribution >= 0.6 is 0 Å². The summed E-state index contributed by atoms with van der Waals surface area (Å²) in [4.78, 5) is 11.8. The van der Waals surface area contributed by atoms with Crippen molar-refractivity contribution in [1.29, 1.82) is 0 Å². The Bertz CT molecular complexity index is 578. The Morgan fingerprint density at radius 3 is 2.72 bits per heavy atom. The van der Waals surface area contributed by atoms with Crippen LogP contribution in [0.5, 0.6) is 0 Å². The molecular weight excluding hydrogens is 238 g/mol. The van der Waals surface area contributed by atoms with E-state index in [0.717, 1.165) is 17.7 Å². The van der Waals surface area contributed by atoms with Gasteiger partial charge in [0.15, 0.2) is 17.4 Å². The quantitative estimate of drug-likeness (QED) is 0.781. The van der Waals surface area contributed by atoms with Crippen molar-refractivity contribution >= 4 is 5.78 Å². The molecule has 0 aliphatic carbocycles. The van der Waals surface area contributed by atoms with Gasteiger partial charge >= 0.3 is 0 Å². The largest absolute Gasteiger partial charge is 0.294 e. The highest BCUT2D eigenvalue weighted by molar-refractivity contribution is 5.96. The number of rotatable bonds is 4. The molecule has 0 saturated carbocycles. The van der Waals surface area contributed by atoms with Crippen LogP contribution in [0.15, 0.2) is 30.6 Å². The van der Waals surface area contributed by atoms with Crippen molar-refractivity contribution in [3.63, 3.8) is 0 Å². The fourth-order valence-corrected chi connectivity index (χ4v) is 1.67. The number of aromatic nitrogens is 2. The van der Waals surface area contributed by atoms with E-state index in [1.165, 1.54) is 6.07 Å². The lowest BCUT2D eigenvalue weighted by molar-refractivity contribution is 0.0982. The van der Waals surface area contributed by atoms with Gasteiger partial charge in [0.05, 0.1) is 6.20 Å². The first-order valence-corrected chi connectivity index (χ1v) is 5.52. The van der Waals surface area contributed by atoms with Crippen molar-refractivity contribution in [2.45, 2.75) is 12.8 Å². The van der Waals surface area contributed by atoms with Crippen molar-refractivity contribution < 1.29 is 13.6 Å². The van der Waals surface area contributed by atoms with Crippen LogP contribution < -0.4 is 0 Å². The summed E-state index contributed by atoms with van der Waals surface area (Å²) < 4.78 is 27.3. The van der Waals surface area contributed by atoms with E-state index in [9.17, 15) is 13.6 Å². The number of halogens is 2. The fourth-order valence-electron chi connectivity index (χ4n) is 1.67. The average Bonchev–Trinajstić information content (AvgIpc) is 2.75. The van der Waals surface area contributed by atoms with Crippen LogP contribution in [0.3, 0.4) is 0 Å². The number of hydrogen-bond acceptors (Lipinski definition) is 2. The van der Waals surface area contributed by atoms with Crippen LogP contribution in [0, 0.1) is 11.6 Å². The highest BCUT2D eigenvalue weighted by Gasteiger charge is 2.10. The maximum Gasteiger partial charge on any atom is 0.163 e. The van der Waals surface area contributed by atoms with Gasteiger partial charge in [-0.15, -0.1) is 0 Å². The second-order valence-corrected chi connectivity index (χ2v) is 4.07. The maximum atomic E-state index is 13.0. The van der Waals surface area contributed by atoms with E-state index in [1.54, 1.807) is 17.9 Å². The lowest BCUT2D eigenvalue weighted by Gasteiger charge is -2.01. The van der Waals surface area contributed by atoms with Crippen molar-refractivity contribution in [1.82, 2.24) is 9.78 Å². The normalized spacial score (nSPS) is 10.6. The number of nitrogens with zero attached hydrogens (tertiary/aromatic N) is 2. The Morgan fingerprint density at radius 1 is 1.33 bits per heavy atom. The fraction of sp³-hybridized carbons (Fsp3) is 0.231. The zero-order valence-corrected chi connectivity index (χ0v) is 9.86. The van der Waals surface area contributed by atoms with Crippen LogP contribution in [0.25, 0.3) is 0 Å². The number of ketones is 1. The maximum absolute atomic E-state index is 13.0. The smallest absolute Gasteiger partial charge is 0.163 e. The predicted octanol–water partition coefficient (Wildman–Crippen LogP) is 2.51. The van der Waals surface area contributed by atoms with E-state index in [2.05, 4.69) is 5.10 Å². The van der Waals surface area contributed by atoms with Gasteiger partial charge in [-0.3, -0.25) is 9.48 Å². The molecule has 0 aliphatic rings. The molecule has 0 saturated heterocycles. The molecule has 3 nitrogen and oxygen atoms in total. The first-order valence-electron chi connectivity index (χ1n) is 5.52. The monoisotopic (exact) mass is 250 g/mol. The first kappa shape index (κ1) is 12.4. The highest BCUT2D eigenvalue weighted by Crippen LogP contribution is 2.12. The second kappa shape index (κ2) is 5.08. The summed E-state index contributed by atoms with van der Waals surface area (Å²) in [5.74, 6) is -2.15. The number of benzene rings is 1. The molecule has 0 amide bonds. The summed E-state index contributed by atoms with van der Waals surface area (Å²) >= 11 is 0. The van der Waals surface area contributed by atoms with Gasteiger partial charge in [0.2, 0.25) is 0 Å². The summed E-state index contributed by atoms with van der Waals surface area (Å²) in [6.45, 7) is 0. The average molecular weight is 250 g/mol. The third-order valence-corrected chi connectivity index (χ3v) is 2.64. The number of Topliss-reactive ketones (excluding diaryl/α,β-unsaturated/α-hetero) is 1. The molecule has 0 unspecified atom stereocenters. The van der Waals surface area contributed by atoms with E-state index < -0.39 is 11.6 Å². The molecule has 0 radical (unpaired) electrons. The zero-order chi connectivity index (χ0) is 13.1. The van der Waals surface area contributed by atoms with E-state index in [-0.39, 0.29) is 17.8 Å². The summed E-state index contributed by atoms with van der Waals surface area (Å²) in [6, 6.07) is 3.19. The van der Waals surface area contributed by atoms with Crippen LogP contribution in [-0.2, 0) is 13.5 Å². The summed E-state index contributed by atoms with van der Waals surface area (Å²) in [7, 11) is 1.79. The number of carbonyl (C=O) groups excluding carboxylic acids is 1. The minimum absolute atomic E-state index is 0.192.